The van der Waals surface area contributed by atoms with E-state index >= 15 is 0 Å². The van der Waals surface area contributed by atoms with Gasteiger partial charge in [0.2, 0.25) is 10.0 Å². The second kappa shape index (κ2) is 8.95. The van der Waals surface area contributed by atoms with Crippen molar-refractivity contribution in [2.24, 2.45) is 0 Å². The van der Waals surface area contributed by atoms with Crippen LogP contribution in [0, 0.1) is 0 Å². The molecule has 4 aromatic rings. The van der Waals surface area contributed by atoms with Crippen molar-refractivity contribution in [1.82, 2.24) is 14.3 Å². The second-order valence-electron chi connectivity index (χ2n) is 7.37. The van der Waals surface area contributed by atoms with Gasteiger partial charge in [0.1, 0.15) is 5.82 Å². The van der Waals surface area contributed by atoms with Gasteiger partial charge in [-0.2, -0.15) is 4.31 Å². The minimum Gasteiger partial charge on any atom is -0.379 e. The highest BCUT2D eigenvalue weighted by atomic mass is 32.2. The molecule has 9 heteroatoms. The minimum atomic E-state index is -3.60. The number of benzene rings is 2. The molecule has 0 aliphatic carbocycles. The van der Waals surface area contributed by atoms with Gasteiger partial charge in [0.25, 0.3) is 0 Å². The molecule has 0 spiro atoms. The zero-order valence-electron chi connectivity index (χ0n) is 17.3. The molecule has 0 saturated carbocycles. The van der Waals surface area contributed by atoms with Gasteiger partial charge in [-0.3, -0.25) is 0 Å². The summed E-state index contributed by atoms with van der Waals surface area (Å²) in [5.74, 6) is 1.33. The maximum atomic E-state index is 13.3. The van der Waals surface area contributed by atoms with Crippen molar-refractivity contribution >= 4 is 38.1 Å². The Morgan fingerprint density at radius 1 is 0.969 bits per heavy atom. The maximum absolute atomic E-state index is 13.3. The van der Waals surface area contributed by atoms with Gasteiger partial charge in [-0.15, -0.1) is 11.3 Å². The standard InChI is InChI=1S/C23H22N4O3S2/c28-32(29,27-11-13-30-14-12-27)21-10-4-1-6-17(21)16-24-22-18-7-2-3-8-19(18)25-23(26-22)20-9-5-15-31-20/h1-10,15H,11-14,16H2,(H,24,25,26). The Morgan fingerprint density at radius 3 is 2.56 bits per heavy atom. The third-order valence-electron chi connectivity index (χ3n) is 5.35. The van der Waals surface area contributed by atoms with Gasteiger partial charge in [-0.05, 0) is 35.2 Å². The van der Waals surface area contributed by atoms with Crippen LogP contribution in [0.15, 0.2) is 70.9 Å². The van der Waals surface area contributed by atoms with Crippen LogP contribution in [0.4, 0.5) is 5.82 Å². The second-order valence-corrected chi connectivity index (χ2v) is 10.2. The normalized spacial score (nSPS) is 15.1. The van der Waals surface area contributed by atoms with Gasteiger partial charge >= 0.3 is 0 Å². The summed E-state index contributed by atoms with van der Waals surface area (Å²) in [5.41, 5.74) is 1.53. The fourth-order valence-corrected chi connectivity index (χ4v) is 6.02. The minimum absolute atomic E-state index is 0.311. The average Bonchev–Trinajstić information content (AvgIpc) is 3.38. The van der Waals surface area contributed by atoms with Crippen molar-refractivity contribution in [1.29, 1.82) is 0 Å². The van der Waals surface area contributed by atoms with E-state index in [9.17, 15) is 8.42 Å². The lowest BCUT2D eigenvalue weighted by Gasteiger charge is -2.27. The van der Waals surface area contributed by atoms with Crippen molar-refractivity contribution < 1.29 is 13.2 Å². The zero-order chi connectivity index (χ0) is 22.0. The number of thiophene rings is 1. The maximum Gasteiger partial charge on any atom is 0.243 e. The van der Waals surface area contributed by atoms with E-state index in [0.717, 1.165) is 15.8 Å². The van der Waals surface area contributed by atoms with Gasteiger partial charge < -0.3 is 10.1 Å². The Bertz CT molecular complexity index is 1330. The first kappa shape index (κ1) is 21.0. The number of para-hydroxylation sites is 1. The largest absolute Gasteiger partial charge is 0.379 e. The Kier molecular flexibility index (Phi) is 5.88. The first-order chi connectivity index (χ1) is 15.6. The molecule has 0 radical (unpaired) electrons. The number of nitrogens with one attached hydrogen (secondary N) is 1. The summed E-state index contributed by atoms with van der Waals surface area (Å²) in [4.78, 5) is 10.7. The van der Waals surface area contributed by atoms with E-state index in [0.29, 0.717) is 54.9 Å². The molecule has 1 N–H and O–H groups in total. The molecule has 2 aromatic carbocycles. The van der Waals surface area contributed by atoms with E-state index in [1.807, 2.05) is 53.9 Å². The average molecular weight is 467 g/mol. The van der Waals surface area contributed by atoms with Crippen LogP contribution in [0.25, 0.3) is 21.6 Å². The number of hydrogen-bond donors (Lipinski definition) is 1. The third kappa shape index (κ3) is 4.12. The van der Waals surface area contributed by atoms with Gasteiger partial charge in [0.15, 0.2) is 5.82 Å². The summed E-state index contributed by atoms with van der Waals surface area (Å²) in [5, 5.41) is 6.25. The van der Waals surface area contributed by atoms with E-state index in [-0.39, 0.29) is 0 Å². The van der Waals surface area contributed by atoms with E-state index in [4.69, 9.17) is 14.7 Å². The molecular weight excluding hydrogens is 444 g/mol. The highest BCUT2D eigenvalue weighted by molar-refractivity contribution is 7.89. The molecule has 1 aliphatic heterocycles. The topological polar surface area (TPSA) is 84.4 Å². The number of ether oxygens (including phenoxy) is 1. The number of hydrogen-bond acceptors (Lipinski definition) is 7. The monoisotopic (exact) mass is 466 g/mol. The lowest BCUT2D eigenvalue weighted by molar-refractivity contribution is 0.0730. The molecule has 0 bridgehead atoms. The first-order valence-corrected chi connectivity index (χ1v) is 12.7. The molecule has 0 amide bonds. The van der Waals surface area contributed by atoms with Crippen LogP contribution < -0.4 is 5.32 Å². The summed E-state index contributed by atoms with van der Waals surface area (Å²) in [7, 11) is -3.60. The zero-order valence-corrected chi connectivity index (χ0v) is 18.9. The molecule has 1 fully saturated rings. The van der Waals surface area contributed by atoms with Crippen LogP contribution >= 0.6 is 11.3 Å². The van der Waals surface area contributed by atoms with E-state index in [2.05, 4.69) is 5.32 Å². The summed E-state index contributed by atoms with van der Waals surface area (Å²) in [6.07, 6.45) is 0. The molecular formula is C23H22N4O3S2. The van der Waals surface area contributed by atoms with Gasteiger partial charge in [-0.25, -0.2) is 18.4 Å². The SMILES string of the molecule is O=S(=O)(c1ccccc1CNc1nc(-c2cccs2)nc2ccccc12)N1CCOCC1. The fraction of sp³-hybridized carbons (Fsp3) is 0.217. The summed E-state index contributed by atoms with van der Waals surface area (Å²) in [6.45, 7) is 1.89. The van der Waals surface area contributed by atoms with Crippen LogP contribution in [-0.2, 0) is 21.3 Å². The molecule has 0 unspecified atom stereocenters. The van der Waals surface area contributed by atoms with Crippen LogP contribution in [0.1, 0.15) is 5.56 Å². The molecule has 1 aliphatic rings. The van der Waals surface area contributed by atoms with Crippen LogP contribution in [0.3, 0.4) is 0 Å². The molecule has 7 nitrogen and oxygen atoms in total. The van der Waals surface area contributed by atoms with Gasteiger partial charge in [0.05, 0.1) is 28.5 Å². The molecule has 32 heavy (non-hydrogen) atoms. The van der Waals surface area contributed by atoms with E-state index < -0.39 is 10.0 Å². The predicted molar refractivity (Wildman–Crippen MR) is 126 cm³/mol. The molecule has 5 rings (SSSR count). The number of anilines is 1. The lowest BCUT2D eigenvalue weighted by atomic mass is 10.2. The number of fused-ring (bicyclic) bond motifs is 1. The van der Waals surface area contributed by atoms with Crippen LogP contribution in [0.5, 0.6) is 0 Å². The van der Waals surface area contributed by atoms with Crippen molar-refractivity contribution in [3.05, 3.63) is 71.6 Å². The number of sulfonamides is 1. The Morgan fingerprint density at radius 2 is 1.75 bits per heavy atom. The third-order valence-corrected chi connectivity index (χ3v) is 8.22. The number of rotatable bonds is 6. The summed E-state index contributed by atoms with van der Waals surface area (Å²) in [6, 6.07) is 18.9. The number of morpholine rings is 1. The molecule has 1 saturated heterocycles. The quantitative estimate of drug-likeness (QED) is 0.463. The van der Waals surface area contributed by atoms with Gasteiger partial charge in [-0.1, -0.05) is 36.4 Å². The Hall–Kier alpha value is -2.85. The summed E-state index contributed by atoms with van der Waals surface area (Å²) >= 11 is 1.58. The van der Waals surface area contributed by atoms with Crippen LogP contribution in [0.2, 0.25) is 0 Å². The van der Waals surface area contributed by atoms with Crippen molar-refractivity contribution in [2.45, 2.75) is 11.4 Å². The fourth-order valence-electron chi connectivity index (χ4n) is 3.73. The highest BCUT2D eigenvalue weighted by Crippen LogP contribution is 2.28. The molecule has 164 valence electrons. The number of aromatic nitrogens is 2. The lowest BCUT2D eigenvalue weighted by Crippen LogP contribution is -2.41. The molecule has 2 aromatic heterocycles. The highest BCUT2D eigenvalue weighted by Gasteiger charge is 2.28. The van der Waals surface area contributed by atoms with Crippen LogP contribution in [-0.4, -0.2) is 49.0 Å². The van der Waals surface area contributed by atoms with Gasteiger partial charge in [0, 0.05) is 25.0 Å². The Labute approximate surface area is 190 Å². The molecule has 3 heterocycles. The van der Waals surface area contributed by atoms with E-state index in [1.165, 1.54) is 4.31 Å². The van der Waals surface area contributed by atoms with Crippen molar-refractivity contribution in [3.8, 4) is 10.7 Å². The van der Waals surface area contributed by atoms with Crippen molar-refractivity contribution in [2.75, 3.05) is 31.6 Å². The summed E-state index contributed by atoms with van der Waals surface area (Å²) < 4.78 is 33.3. The predicted octanol–water partition coefficient (Wildman–Crippen LogP) is 3.99. The smallest absolute Gasteiger partial charge is 0.243 e. The van der Waals surface area contributed by atoms with Crippen molar-refractivity contribution in [3.63, 3.8) is 0 Å². The Balaban J connectivity index is 1.48. The van der Waals surface area contributed by atoms with E-state index in [1.54, 1.807) is 23.5 Å². The number of nitrogens with zero attached hydrogens (tertiary/aromatic N) is 3. The molecule has 0 atom stereocenters. The first-order valence-electron chi connectivity index (χ1n) is 10.3.